The zero-order valence-electron chi connectivity index (χ0n) is 12.3. The van der Waals surface area contributed by atoms with Crippen molar-refractivity contribution in [3.05, 3.63) is 0 Å². The zero-order chi connectivity index (χ0) is 17.6. The molecule has 0 atom stereocenters. The first-order valence-electron chi connectivity index (χ1n) is 6.54. The second-order valence-electron chi connectivity index (χ2n) is 4.09. The van der Waals surface area contributed by atoms with Crippen LogP contribution in [0.3, 0.4) is 0 Å². The second-order valence-corrected chi connectivity index (χ2v) is 6.82. The molecule has 0 unspecified atom stereocenters. The predicted octanol–water partition coefficient (Wildman–Crippen LogP) is 0.976. The van der Waals surface area contributed by atoms with Crippen molar-refractivity contribution in [3.63, 3.8) is 0 Å². The lowest BCUT2D eigenvalue weighted by molar-refractivity contribution is -0.151. The van der Waals surface area contributed by atoms with Crippen molar-refractivity contribution in [2.24, 2.45) is 0 Å². The highest BCUT2D eigenvalue weighted by molar-refractivity contribution is 8.00. The smallest absolute Gasteiger partial charge is 0.306 e. The molecule has 0 saturated heterocycles. The number of esters is 2. The van der Waals surface area contributed by atoms with Gasteiger partial charge in [0.15, 0.2) is 4.27 Å². The Labute approximate surface area is 153 Å². The molecule has 10 heteroatoms. The van der Waals surface area contributed by atoms with E-state index in [0.717, 1.165) is 0 Å². The first kappa shape index (κ1) is 24.5. The van der Waals surface area contributed by atoms with Crippen LogP contribution in [-0.4, -0.2) is 57.2 Å². The van der Waals surface area contributed by atoms with Crippen LogP contribution < -0.4 is 0 Å². The molecule has 132 valence electrons. The fourth-order valence-corrected chi connectivity index (χ4v) is 1.12. The summed E-state index contributed by atoms with van der Waals surface area (Å²) >= 11 is 15.1. The Hall–Kier alpha value is 0.260. The summed E-state index contributed by atoms with van der Waals surface area (Å²) < 4.78 is 8.32. The number of carbonyl (C=O) groups is 2. The standard InChI is InChI=1S/C9H16O5S2.C3H8OS2/c10-7(5-13-8(11)1-3-15)6-14-9(12)2-4-16;1-2-3(4,5)6/h7,10,15-16H,1-6H2;4-6H,2H2,1H3. The van der Waals surface area contributed by atoms with Crippen LogP contribution in [0.4, 0.5) is 0 Å². The van der Waals surface area contributed by atoms with Crippen LogP contribution in [0.1, 0.15) is 26.2 Å². The van der Waals surface area contributed by atoms with Crippen molar-refractivity contribution < 1.29 is 29.3 Å². The lowest BCUT2D eigenvalue weighted by Crippen LogP contribution is -2.25. The van der Waals surface area contributed by atoms with Gasteiger partial charge in [0.2, 0.25) is 0 Å². The van der Waals surface area contributed by atoms with E-state index < -0.39 is 22.3 Å². The molecule has 0 heterocycles. The van der Waals surface area contributed by atoms with Crippen LogP contribution in [0.5, 0.6) is 0 Å². The Kier molecular flexibility index (Phi) is 16.5. The maximum absolute atomic E-state index is 10.9. The van der Waals surface area contributed by atoms with Crippen molar-refractivity contribution in [2.75, 3.05) is 24.7 Å². The van der Waals surface area contributed by atoms with Gasteiger partial charge in [-0.1, -0.05) is 6.92 Å². The first-order valence-corrected chi connectivity index (χ1v) is 8.70. The van der Waals surface area contributed by atoms with Gasteiger partial charge in [0.1, 0.15) is 19.3 Å². The number of ether oxygens (including phenoxy) is 2. The van der Waals surface area contributed by atoms with E-state index in [0.29, 0.717) is 17.9 Å². The molecule has 0 amide bonds. The molecular formula is C12H24O6S4. The van der Waals surface area contributed by atoms with E-state index in [4.69, 9.17) is 14.6 Å². The number of rotatable bonds is 9. The Bertz CT molecular complexity index is 286. The van der Waals surface area contributed by atoms with Crippen molar-refractivity contribution in [3.8, 4) is 0 Å². The van der Waals surface area contributed by atoms with Gasteiger partial charge in [0.05, 0.1) is 12.8 Å². The van der Waals surface area contributed by atoms with Crippen molar-refractivity contribution in [2.45, 2.75) is 36.6 Å². The summed E-state index contributed by atoms with van der Waals surface area (Å²) in [4.78, 5) is 21.8. The lowest BCUT2D eigenvalue weighted by atomic mass is 10.4. The van der Waals surface area contributed by atoms with Crippen LogP contribution in [0.15, 0.2) is 0 Å². The molecule has 6 nitrogen and oxygen atoms in total. The van der Waals surface area contributed by atoms with Gasteiger partial charge >= 0.3 is 11.9 Å². The highest BCUT2D eigenvalue weighted by Gasteiger charge is 2.11. The highest BCUT2D eigenvalue weighted by atomic mass is 32.2. The largest absolute Gasteiger partial charge is 0.463 e. The predicted molar refractivity (Wildman–Crippen MR) is 98.1 cm³/mol. The Morgan fingerprint density at radius 1 is 1.05 bits per heavy atom. The van der Waals surface area contributed by atoms with Gasteiger partial charge in [0.25, 0.3) is 0 Å². The van der Waals surface area contributed by atoms with Crippen LogP contribution in [0.2, 0.25) is 0 Å². The summed E-state index contributed by atoms with van der Waals surface area (Å²) in [6, 6.07) is 0. The van der Waals surface area contributed by atoms with E-state index in [1.54, 1.807) is 6.92 Å². The fraction of sp³-hybridized carbons (Fsp3) is 0.833. The summed E-state index contributed by atoms with van der Waals surface area (Å²) in [6.07, 6.45) is -0.0585. The van der Waals surface area contributed by atoms with Gasteiger partial charge in [-0.25, -0.2) is 0 Å². The van der Waals surface area contributed by atoms with E-state index in [1.165, 1.54) is 0 Å². The summed E-state index contributed by atoms with van der Waals surface area (Å²) in [5, 5.41) is 17.8. The number of aliphatic hydroxyl groups is 2. The van der Waals surface area contributed by atoms with Crippen LogP contribution in [0.25, 0.3) is 0 Å². The lowest BCUT2D eigenvalue weighted by Gasteiger charge is -2.11. The SMILES string of the molecule is CCC(O)(S)S.O=C(CCS)OCC(O)COC(=O)CCS. The van der Waals surface area contributed by atoms with Gasteiger partial charge in [0, 0.05) is 11.5 Å². The molecule has 0 aromatic heterocycles. The molecule has 0 aliphatic rings. The summed E-state index contributed by atoms with van der Waals surface area (Å²) in [5.41, 5.74) is 0. The fourth-order valence-electron chi connectivity index (χ4n) is 0.753. The van der Waals surface area contributed by atoms with E-state index in [-0.39, 0.29) is 26.1 Å². The summed E-state index contributed by atoms with van der Waals surface area (Å²) in [5.74, 6) is -0.0796. The molecule has 0 aliphatic carbocycles. The molecular weight excluding hydrogens is 368 g/mol. The molecule has 0 rings (SSSR count). The normalized spacial score (nSPS) is 10.7. The third kappa shape index (κ3) is 20.3. The molecule has 0 bridgehead atoms. The van der Waals surface area contributed by atoms with Crippen molar-refractivity contribution in [1.82, 2.24) is 0 Å². The van der Waals surface area contributed by atoms with Gasteiger partial charge in [-0.15, -0.1) is 25.3 Å². The molecule has 2 N–H and O–H groups in total. The zero-order valence-corrected chi connectivity index (χ0v) is 15.9. The average Bonchev–Trinajstić information content (AvgIpc) is 2.43. The molecule has 0 spiro atoms. The van der Waals surface area contributed by atoms with E-state index >= 15 is 0 Å². The number of thiol groups is 4. The van der Waals surface area contributed by atoms with Gasteiger partial charge in [-0.05, 0) is 6.42 Å². The van der Waals surface area contributed by atoms with Gasteiger partial charge in [-0.3, -0.25) is 9.59 Å². The van der Waals surface area contributed by atoms with Gasteiger partial charge < -0.3 is 19.7 Å². The third-order valence-electron chi connectivity index (χ3n) is 1.98. The minimum atomic E-state index is -1.07. The molecule has 0 aromatic carbocycles. The Morgan fingerprint density at radius 2 is 1.36 bits per heavy atom. The molecule has 0 aromatic rings. The van der Waals surface area contributed by atoms with Crippen LogP contribution in [0, 0.1) is 0 Å². The third-order valence-corrected chi connectivity index (χ3v) is 3.06. The quantitative estimate of drug-likeness (QED) is 0.199. The van der Waals surface area contributed by atoms with Crippen LogP contribution in [-0.2, 0) is 19.1 Å². The Morgan fingerprint density at radius 3 is 1.59 bits per heavy atom. The number of hydrogen-bond acceptors (Lipinski definition) is 10. The maximum atomic E-state index is 10.9. The molecule has 0 aliphatic heterocycles. The molecule has 0 fully saturated rings. The van der Waals surface area contributed by atoms with E-state index in [2.05, 4.69) is 50.5 Å². The van der Waals surface area contributed by atoms with Crippen molar-refractivity contribution >= 4 is 62.5 Å². The van der Waals surface area contributed by atoms with Crippen molar-refractivity contribution in [1.29, 1.82) is 0 Å². The first-order chi connectivity index (χ1) is 10.2. The number of hydrogen-bond donors (Lipinski definition) is 6. The monoisotopic (exact) mass is 392 g/mol. The van der Waals surface area contributed by atoms with Gasteiger partial charge in [-0.2, -0.15) is 25.3 Å². The molecule has 0 radical (unpaired) electrons. The minimum Gasteiger partial charge on any atom is -0.463 e. The topological polar surface area (TPSA) is 93.1 Å². The number of carbonyl (C=O) groups excluding carboxylic acids is 2. The average molecular weight is 393 g/mol. The summed E-state index contributed by atoms with van der Waals surface area (Å²) in [7, 11) is 0. The van der Waals surface area contributed by atoms with E-state index in [1.807, 2.05) is 0 Å². The second kappa shape index (κ2) is 14.8. The summed E-state index contributed by atoms with van der Waals surface area (Å²) in [6.45, 7) is 1.45. The minimum absolute atomic E-state index is 0.180. The highest BCUT2D eigenvalue weighted by Crippen LogP contribution is 2.17. The molecule has 22 heavy (non-hydrogen) atoms. The van der Waals surface area contributed by atoms with E-state index in [9.17, 15) is 14.7 Å². The number of aliphatic hydroxyl groups excluding tert-OH is 1. The van der Waals surface area contributed by atoms with Crippen LogP contribution >= 0.6 is 50.5 Å². The Balaban J connectivity index is 0. The maximum Gasteiger partial charge on any atom is 0.306 e. The molecule has 0 saturated carbocycles.